The molecule has 0 heterocycles. The van der Waals surface area contributed by atoms with Crippen molar-refractivity contribution in [2.75, 3.05) is 12.4 Å². The number of carbonyl (C=O) groups is 1. The van der Waals surface area contributed by atoms with E-state index >= 15 is 0 Å². The molecule has 0 aliphatic heterocycles. The van der Waals surface area contributed by atoms with E-state index in [9.17, 15) is 4.79 Å². The van der Waals surface area contributed by atoms with Gasteiger partial charge in [-0.05, 0) is 61.2 Å². The fourth-order valence-corrected chi connectivity index (χ4v) is 2.50. The van der Waals surface area contributed by atoms with Gasteiger partial charge >= 0.3 is 0 Å². The summed E-state index contributed by atoms with van der Waals surface area (Å²) in [4.78, 5) is 12.5. The number of methoxy groups -OCH3 is 1. The van der Waals surface area contributed by atoms with Crippen molar-refractivity contribution in [3.05, 3.63) is 54.1 Å². The lowest BCUT2D eigenvalue weighted by Gasteiger charge is -2.17. The largest absolute Gasteiger partial charge is 0.497 e. The second-order valence-electron chi connectivity index (χ2n) is 5.98. The summed E-state index contributed by atoms with van der Waals surface area (Å²) in [7, 11) is 1.62. The van der Waals surface area contributed by atoms with Crippen LogP contribution in [0.25, 0.3) is 0 Å². The third kappa shape index (κ3) is 5.82. The van der Waals surface area contributed by atoms with Crippen molar-refractivity contribution in [1.29, 1.82) is 0 Å². The molecule has 4 heteroatoms. The average Bonchev–Trinajstić information content (AvgIpc) is 2.66. The minimum Gasteiger partial charge on any atom is -0.497 e. The molecular weight excluding hydrogens is 314 g/mol. The number of anilines is 1. The van der Waals surface area contributed by atoms with Crippen molar-refractivity contribution in [2.24, 2.45) is 0 Å². The number of nitrogens with one attached hydrogen (secondary N) is 1. The molecule has 0 aliphatic rings. The van der Waals surface area contributed by atoms with Crippen molar-refractivity contribution in [3.8, 4) is 11.5 Å². The lowest BCUT2D eigenvalue weighted by atomic mass is 10.1. The van der Waals surface area contributed by atoms with Crippen LogP contribution in [0.2, 0.25) is 0 Å². The molecule has 0 saturated carbocycles. The van der Waals surface area contributed by atoms with Crippen LogP contribution in [0, 0.1) is 0 Å². The Labute approximate surface area is 150 Å². The predicted molar refractivity (Wildman–Crippen MR) is 101 cm³/mol. The molecule has 25 heavy (non-hydrogen) atoms. The number of amides is 1. The van der Waals surface area contributed by atoms with Gasteiger partial charge in [0, 0.05) is 5.69 Å². The van der Waals surface area contributed by atoms with Gasteiger partial charge in [-0.3, -0.25) is 4.79 Å². The topological polar surface area (TPSA) is 47.6 Å². The second kappa shape index (κ2) is 9.72. The van der Waals surface area contributed by atoms with E-state index in [0.717, 1.165) is 17.9 Å². The molecule has 0 bridgehead atoms. The Bertz CT molecular complexity index is 650. The zero-order valence-corrected chi connectivity index (χ0v) is 15.2. The molecule has 0 saturated heterocycles. The van der Waals surface area contributed by atoms with Crippen LogP contribution in [-0.4, -0.2) is 19.1 Å². The highest BCUT2D eigenvalue weighted by Gasteiger charge is 2.18. The molecule has 1 N–H and O–H groups in total. The molecule has 0 fully saturated rings. The number of rotatable bonds is 9. The number of ether oxygens (including phenoxy) is 2. The fraction of sp³-hybridized carbons (Fsp3) is 0.381. The number of hydrogen-bond acceptors (Lipinski definition) is 3. The minimum absolute atomic E-state index is 0.139. The fourth-order valence-electron chi connectivity index (χ4n) is 2.50. The smallest absolute Gasteiger partial charge is 0.265 e. The molecule has 0 radical (unpaired) electrons. The van der Waals surface area contributed by atoms with Crippen LogP contribution in [0.3, 0.4) is 0 Å². The first-order valence-electron chi connectivity index (χ1n) is 8.86. The van der Waals surface area contributed by atoms with E-state index in [1.54, 1.807) is 19.2 Å². The highest BCUT2D eigenvalue weighted by atomic mass is 16.5. The Morgan fingerprint density at radius 2 is 1.64 bits per heavy atom. The SMILES string of the molecule is CCCCc1ccc(NC(=O)[C@H](CC)Oc2ccc(OC)cc2)cc1. The number of aryl methyl sites for hydroxylation is 1. The Morgan fingerprint density at radius 1 is 1.00 bits per heavy atom. The third-order valence-electron chi connectivity index (χ3n) is 4.04. The van der Waals surface area contributed by atoms with Crippen LogP contribution in [0.4, 0.5) is 5.69 Å². The second-order valence-corrected chi connectivity index (χ2v) is 5.98. The van der Waals surface area contributed by atoms with Crippen LogP contribution in [0.5, 0.6) is 11.5 Å². The summed E-state index contributed by atoms with van der Waals surface area (Å²) in [5, 5.41) is 2.93. The molecule has 4 nitrogen and oxygen atoms in total. The van der Waals surface area contributed by atoms with Crippen molar-refractivity contribution in [3.63, 3.8) is 0 Å². The highest BCUT2D eigenvalue weighted by molar-refractivity contribution is 5.94. The van der Waals surface area contributed by atoms with Crippen molar-refractivity contribution >= 4 is 11.6 Å². The van der Waals surface area contributed by atoms with Gasteiger partial charge in [0.25, 0.3) is 5.91 Å². The normalized spacial score (nSPS) is 11.6. The molecular formula is C21H27NO3. The highest BCUT2D eigenvalue weighted by Crippen LogP contribution is 2.20. The zero-order chi connectivity index (χ0) is 18.1. The maximum absolute atomic E-state index is 12.5. The van der Waals surface area contributed by atoms with Gasteiger partial charge in [-0.1, -0.05) is 32.4 Å². The van der Waals surface area contributed by atoms with Gasteiger partial charge < -0.3 is 14.8 Å². The van der Waals surface area contributed by atoms with Gasteiger partial charge in [-0.15, -0.1) is 0 Å². The quantitative estimate of drug-likeness (QED) is 0.710. The molecule has 134 valence electrons. The van der Waals surface area contributed by atoms with E-state index in [1.165, 1.54) is 18.4 Å². The van der Waals surface area contributed by atoms with Gasteiger partial charge in [-0.2, -0.15) is 0 Å². The summed E-state index contributed by atoms with van der Waals surface area (Å²) in [6.45, 7) is 4.11. The summed E-state index contributed by atoms with van der Waals surface area (Å²) >= 11 is 0. The van der Waals surface area contributed by atoms with Crippen LogP contribution in [-0.2, 0) is 11.2 Å². The molecule has 0 aliphatic carbocycles. The zero-order valence-electron chi connectivity index (χ0n) is 15.2. The molecule has 0 unspecified atom stereocenters. The third-order valence-corrected chi connectivity index (χ3v) is 4.04. The van der Waals surface area contributed by atoms with Crippen LogP contribution in [0.1, 0.15) is 38.7 Å². The minimum atomic E-state index is -0.534. The van der Waals surface area contributed by atoms with E-state index in [2.05, 4.69) is 24.4 Å². The van der Waals surface area contributed by atoms with Crippen molar-refractivity contribution in [1.82, 2.24) is 0 Å². The molecule has 2 aromatic carbocycles. The lowest BCUT2D eigenvalue weighted by molar-refractivity contribution is -0.122. The van der Waals surface area contributed by atoms with Crippen LogP contribution in [0.15, 0.2) is 48.5 Å². The summed E-state index contributed by atoms with van der Waals surface area (Å²) < 4.78 is 10.9. The summed E-state index contributed by atoms with van der Waals surface area (Å²) in [5.41, 5.74) is 2.09. The number of hydrogen-bond donors (Lipinski definition) is 1. The van der Waals surface area contributed by atoms with E-state index in [0.29, 0.717) is 12.2 Å². The first-order chi connectivity index (χ1) is 12.2. The van der Waals surface area contributed by atoms with Gasteiger partial charge in [0.05, 0.1) is 7.11 Å². The Kier molecular flexibility index (Phi) is 7.33. The molecule has 0 aromatic heterocycles. The molecule has 1 atom stereocenters. The van der Waals surface area contributed by atoms with Crippen LogP contribution >= 0.6 is 0 Å². The van der Waals surface area contributed by atoms with Gasteiger partial charge in [0.2, 0.25) is 0 Å². The molecule has 2 aromatic rings. The molecule has 1 amide bonds. The average molecular weight is 341 g/mol. The number of benzene rings is 2. The van der Waals surface area contributed by atoms with E-state index in [-0.39, 0.29) is 5.91 Å². The van der Waals surface area contributed by atoms with E-state index in [4.69, 9.17) is 9.47 Å². The maximum atomic E-state index is 12.5. The first kappa shape index (κ1) is 18.8. The van der Waals surface area contributed by atoms with Gasteiger partial charge in [0.15, 0.2) is 6.10 Å². The Hall–Kier alpha value is -2.49. The summed E-state index contributed by atoms with van der Waals surface area (Å²) in [6, 6.07) is 15.3. The predicted octanol–water partition coefficient (Wildman–Crippen LogP) is 4.83. The van der Waals surface area contributed by atoms with Gasteiger partial charge in [-0.25, -0.2) is 0 Å². The van der Waals surface area contributed by atoms with Crippen LogP contribution < -0.4 is 14.8 Å². The number of carbonyl (C=O) groups excluding carboxylic acids is 1. The molecule has 2 rings (SSSR count). The van der Waals surface area contributed by atoms with Gasteiger partial charge in [0.1, 0.15) is 11.5 Å². The monoisotopic (exact) mass is 341 g/mol. The van der Waals surface area contributed by atoms with E-state index < -0.39 is 6.10 Å². The maximum Gasteiger partial charge on any atom is 0.265 e. The standard InChI is InChI=1S/C21H27NO3/c1-4-6-7-16-8-10-17(11-9-16)22-21(23)20(5-2)25-19-14-12-18(24-3)13-15-19/h8-15,20H,4-7H2,1-3H3,(H,22,23)/t20-/m0/s1. The van der Waals surface area contributed by atoms with Crippen molar-refractivity contribution in [2.45, 2.75) is 45.6 Å². The summed E-state index contributed by atoms with van der Waals surface area (Å²) in [6.07, 6.45) is 3.49. The Morgan fingerprint density at radius 3 is 2.20 bits per heavy atom. The van der Waals surface area contributed by atoms with E-state index in [1.807, 2.05) is 31.2 Å². The summed E-state index contributed by atoms with van der Waals surface area (Å²) in [5.74, 6) is 1.27. The lowest BCUT2D eigenvalue weighted by Crippen LogP contribution is -2.32. The first-order valence-corrected chi connectivity index (χ1v) is 8.86. The molecule has 0 spiro atoms. The Balaban J connectivity index is 1.94. The number of unbranched alkanes of at least 4 members (excludes halogenated alkanes) is 1. The van der Waals surface area contributed by atoms with Crippen molar-refractivity contribution < 1.29 is 14.3 Å².